The molecule has 2 aromatic rings. The van der Waals surface area contributed by atoms with Crippen molar-refractivity contribution in [1.29, 1.82) is 0 Å². The lowest BCUT2D eigenvalue weighted by atomic mass is 10.2. The Morgan fingerprint density at radius 1 is 0.800 bits per heavy atom. The standard InChI is InChI=1S/C22H25N5O6S2/c1-13-22(21(23)25-14(2)24-13,34(30,31)19-9-5-17(6-10-19)26-15(3)28)35(32,33)20-11-7-18(8-12-20)27-16(4)29/h5-12,21H,23H2,1-4H3,(H,26,28)(H,27,29). The molecule has 0 saturated carbocycles. The van der Waals surface area contributed by atoms with Crippen molar-refractivity contribution in [2.45, 2.75) is 47.7 Å². The predicted octanol–water partition coefficient (Wildman–Crippen LogP) is 1.72. The maximum atomic E-state index is 14.0. The van der Waals surface area contributed by atoms with Gasteiger partial charge in [0.25, 0.3) is 4.08 Å². The summed E-state index contributed by atoms with van der Waals surface area (Å²) in [5.74, 6) is -0.577. The molecule has 1 atom stereocenters. The number of nitrogens with zero attached hydrogens (tertiary/aromatic N) is 2. The first-order valence-electron chi connectivity index (χ1n) is 10.3. The second-order valence-electron chi connectivity index (χ2n) is 7.90. The zero-order valence-electron chi connectivity index (χ0n) is 19.4. The highest BCUT2D eigenvalue weighted by Gasteiger charge is 2.64. The van der Waals surface area contributed by atoms with Crippen LogP contribution in [-0.2, 0) is 29.3 Å². The van der Waals surface area contributed by atoms with Crippen molar-refractivity contribution in [1.82, 2.24) is 0 Å². The minimum atomic E-state index is -4.76. The SMILES string of the molecule is CC(=O)Nc1ccc(S(=O)(=O)C2(S(=O)(=O)c3ccc(NC(C)=O)cc3)C(C)=NC(C)=NC2N)cc1. The van der Waals surface area contributed by atoms with E-state index >= 15 is 0 Å². The minimum Gasteiger partial charge on any atom is -0.326 e. The van der Waals surface area contributed by atoms with Gasteiger partial charge in [0.15, 0.2) is 0 Å². The van der Waals surface area contributed by atoms with Crippen molar-refractivity contribution >= 4 is 54.4 Å². The first kappa shape index (κ1) is 26.2. The summed E-state index contributed by atoms with van der Waals surface area (Å²) in [6.07, 6.45) is -1.72. The van der Waals surface area contributed by atoms with E-state index in [4.69, 9.17) is 5.73 Å². The molecule has 0 fully saturated rings. The molecule has 0 aliphatic carbocycles. The van der Waals surface area contributed by atoms with Crippen molar-refractivity contribution in [3.8, 4) is 0 Å². The molecular weight excluding hydrogens is 494 g/mol. The third-order valence-electron chi connectivity index (χ3n) is 5.32. The fourth-order valence-electron chi connectivity index (χ4n) is 3.89. The molecule has 0 saturated heterocycles. The molecule has 1 heterocycles. The highest BCUT2D eigenvalue weighted by Crippen LogP contribution is 2.41. The number of carbonyl (C=O) groups is 2. The Hall–Kier alpha value is -3.42. The van der Waals surface area contributed by atoms with Crippen LogP contribution in [0.3, 0.4) is 0 Å². The van der Waals surface area contributed by atoms with Crippen LogP contribution in [-0.4, -0.2) is 50.4 Å². The lowest BCUT2D eigenvalue weighted by Crippen LogP contribution is -2.64. The number of amides is 2. The van der Waals surface area contributed by atoms with Crippen LogP contribution in [0.15, 0.2) is 68.3 Å². The quantitative estimate of drug-likeness (QED) is 0.520. The Labute approximate surface area is 203 Å². The summed E-state index contributed by atoms with van der Waals surface area (Å²) in [7, 11) is -9.52. The van der Waals surface area contributed by atoms with E-state index in [1.54, 1.807) is 0 Å². The van der Waals surface area contributed by atoms with E-state index in [1.165, 1.54) is 76.2 Å². The largest absolute Gasteiger partial charge is 0.326 e. The van der Waals surface area contributed by atoms with Gasteiger partial charge in [0.05, 0.1) is 15.5 Å². The van der Waals surface area contributed by atoms with Gasteiger partial charge in [0.2, 0.25) is 31.5 Å². The molecule has 0 bridgehead atoms. The lowest BCUT2D eigenvalue weighted by Gasteiger charge is -2.37. The molecule has 1 unspecified atom stereocenters. The molecule has 1 aliphatic heterocycles. The van der Waals surface area contributed by atoms with Gasteiger partial charge < -0.3 is 16.4 Å². The summed E-state index contributed by atoms with van der Waals surface area (Å²) in [4.78, 5) is 30.0. The Kier molecular flexibility index (Phi) is 6.97. The van der Waals surface area contributed by atoms with Crippen LogP contribution in [0.2, 0.25) is 0 Å². The lowest BCUT2D eigenvalue weighted by molar-refractivity contribution is -0.115. The molecule has 2 aromatic carbocycles. The average molecular weight is 520 g/mol. The van der Waals surface area contributed by atoms with E-state index in [-0.39, 0.29) is 33.2 Å². The van der Waals surface area contributed by atoms with Gasteiger partial charge in [0, 0.05) is 25.2 Å². The van der Waals surface area contributed by atoms with Crippen molar-refractivity contribution in [3.05, 3.63) is 48.5 Å². The van der Waals surface area contributed by atoms with E-state index in [1.807, 2.05) is 0 Å². The molecule has 11 nitrogen and oxygen atoms in total. The monoisotopic (exact) mass is 519 g/mol. The Bertz CT molecular complexity index is 1360. The highest BCUT2D eigenvalue weighted by molar-refractivity contribution is 8.11. The fourth-order valence-corrected chi connectivity index (χ4v) is 8.92. The smallest absolute Gasteiger partial charge is 0.254 e. The number of nitrogens with two attached hydrogens (primary N) is 1. The molecule has 0 aromatic heterocycles. The van der Waals surface area contributed by atoms with E-state index in [0.29, 0.717) is 11.4 Å². The van der Waals surface area contributed by atoms with E-state index < -0.39 is 29.9 Å². The van der Waals surface area contributed by atoms with Crippen LogP contribution in [0.1, 0.15) is 27.7 Å². The molecule has 0 spiro atoms. The topological polar surface area (TPSA) is 177 Å². The number of carbonyl (C=O) groups excluding carboxylic acids is 2. The maximum Gasteiger partial charge on any atom is 0.254 e. The molecule has 2 amide bonds. The van der Waals surface area contributed by atoms with Gasteiger partial charge in [-0.1, -0.05) is 0 Å². The summed E-state index contributed by atoms with van der Waals surface area (Å²) >= 11 is 0. The van der Waals surface area contributed by atoms with Gasteiger partial charge in [-0.25, -0.2) is 26.8 Å². The first-order valence-corrected chi connectivity index (χ1v) is 13.3. The van der Waals surface area contributed by atoms with E-state index in [0.717, 1.165) is 0 Å². The number of anilines is 2. The number of aliphatic imine (C=N–C) groups is 2. The Morgan fingerprint density at radius 2 is 1.17 bits per heavy atom. The van der Waals surface area contributed by atoms with E-state index in [2.05, 4.69) is 20.6 Å². The van der Waals surface area contributed by atoms with Crippen LogP contribution in [0.25, 0.3) is 0 Å². The molecule has 3 rings (SSSR count). The predicted molar refractivity (Wildman–Crippen MR) is 133 cm³/mol. The summed E-state index contributed by atoms with van der Waals surface area (Å²) in [5.41, 5.74) is 6.59. The third-order valence-corrected chi connectivity index (χ3v) is 11.1. The van der Waals surface area contributed by atoms with Crippen molar-refractivity contribution in [2.24, 2.45) is 15.7 Å². The van der Waals surface area contributed by atoms with Gasteiger partial charge in [-0.05, 0) is 62.4 Å². The Morgan fingerprint density at radius 3 is 1.49 bits per heavy atom. The molecule has 0 radical (unpaired) electrons. The number of nitrogens with one attached hydrogen (secondary N) is 2. The number of hydrogen-bond donors (Lipinski definition) is 3. The summed E-state index contributed by atoms with van der Waals surface area (Å²) in [5, 5.41) is 5.04. The van der Waals surface area contributed by atoms with Crippen LogP contribution in [0.4, 0.5) is 11.4 Å². The summed E-state index contributed by atoms with van der Waals surface area (Å²) in [6, 6.07) is 10.1. The number of rotatable bonds is 6. The fraction of sp³-hybridized carbons (Fsp3) is 0.273. The average Bonchev–Trinajstić information content (AvgIpc) is 2.73. The molecule has 13 heteroatoms. The number of amidine groups is 1. The molecule has 4 N–H and O–H groups in total. The Balaban J connectivity index is 2.24. The molecule has 186 valence electrons. The van der Waals surface area contributed by atoms with Gasteiger partial charge in [-0.3, -0.25) is 9.59 Å². The van der Waals surface area contributed by atoms with Gasteiger partial charge in [-0.2, -0.15) is 0 Å². The van der Waals surface area contributed by atoms with Crippen LogP contribution >= 0.6 is 0 Å². The zero-order valence-corrected chi connectivity index (χ0v) is 21.1. The van der Waals surface area contributed by atoms with E-state index in [9.17, 15) is 26.4 Å². The van der Waals surface area contributed by atoms with Gasteiger partial charge >= 0.3 is 0 Å². The van der Waals surface area contributed by atoms with Crippen molar-refractivity contribution in [3.63, 3.8) is 0 Å². The normalized spacial score (nSPS) is 17.7. The number of sulfone groups is 2. The van der Waals surface area contributed by atoms with Gasteiger partial charge in [0.1, 0.15) is 12.0 Å². The maximum absolute atomic E-state index is 14.0. The molecular formula is C22H25N5O6S2. The number of hydrogen-bond acceptors (Lipinski definition) is 9. The second kappa shape index (κ2) is 9.32. The van der Waals surface area contributed by atoms with Crippen LogP contribution in [0, 0.1) is 0 Å². The third kappa shape index (κ3) is 4.49. The minimum absolute atomic E-state index is 0.137. The van der Waals surface area contributed by atoms with Crippen molar-refractivity contribution in [2.75, 3.05) is 10.6 Å². The number of benzene rings is 2. The highest BCUT2D eigenvalue weighted by atomic mass is 32.3. The summed E-state index contributed by atoms with van der Waals surface area (Å²) in [6.45, 7) is 5.36. The first-order chi connectivity index (χ1) is 16.2. The zero-order chi connectivity index (χ0) is 26.2. The van der Waals surface area contributed by atoms with Crippen molar-refractivity contribution < 1.29 is 26.4 Å². The van der Waals surface area contributed by atoms with Crippen LogP contribution < -0.4 is 16.4 Å². The van der Waals surface area contributed by atoms with Gasteiger partial charge in [-0.15, -0.1) is 0 Å². The molecule has 1 aliphatic rings. The van der Waals surface area contributed by atoms with Crippen LogP contribution in [0.5, 0.6) is 0 Å². The second-order valence-corrected chi connectivity index (χ2v) is 12.4. The summed E-state index contributed by atoms with van der Waals surface area (Å²) < 4.78 is 53.5. The molecule has 35 heavy (non-hydrogen) atoms.